The van der Waals surface area contributed by atoms with Crippen molar-refractivity contribution in [3.8, 4) is 0 Å². The Labute approximate surface area is 145 Å². The molecule has 0 aromatic rings. The second-order valence-electron chi connectivity index (χ2n) is 6.23. The van der Waals surface area contributed by atoms with Crippen LogP contribution in [0.5, 0.6) is 0 Å². The van der Waals surface area contributed by atoms with Gasteiger partial charge in [-0.3, -0.25) is 9.59 Å². The first-order chi connectivity index (χ1) is 11.5. The predicted octanol–water partition coefficient (Wildman–Crippen LogP) is 2.82. The van der Waals surface area contributed by atoms with Gasteiger partial charge in [-0.2, -0.15) is 0 Å². The lowest BCUT2D eigenvalue weighted by atomic mass is 9.79. The Balaban J connectivity index is 2.46. The summed E-state index contributed by atoms with van der Waals surface area (Å²) in [6, 6.07) is 0.753. The Hall–Kier alpha value is -1.18. The Morgan fingerprint density at radius 2 is 1.62 bits per heavy atom. The van der Waals surface area contributed by atoms with Gasteiger partial charge in [-0.15, -0.1) is 0 Å². The van der Waals surface area contributed by atoms with Crippen LogP contribution in [-0.2, 0) is 27.9 Å². The number of esters is 2. The molecule has 2 atom stereocenters. The SMILES string of the molecule is C=CCOC(=O)C1CCCCC1C(=O)OCCC[Si](C)(OC)OC. The summed E-state index contributed by atoms with van der Waals surface area (Å²) in [4.78, 5) is 24.5. The Kier molecular flexibility index (Phi) is 9.24. The number of hydrogen-bond donors (Lipinski definition) is 0. The minimum absolute atomic E-state index is 0.175. The fourth-order valence-corrected chi connectivity index (χ4v) is 4.27. The summed E-state index contributed by atoms with van der Waals surface area (Å²) in [6.45, 7) is 6.00. The van der Waals surface area contributed by atoms with E-state index in [1.165, 1.54) is 6.08 Å². The van der Waals surface area contributed by atoms with Gasteiger partial charge in [0.2, 0.25) is 0 Å². The van der Waals surface area contributed by atoms with Crippen molar-refractivity contribution < 1.29 is 27.9 Å². The van der Waals surface area contributed by atoms with Crippen molar-refractivity contribution in [3.05, 3.63) is 12.7 Å². The van der Waals surface area contributed by atoms with E-state index < -0.39 is 20.4 Å². The first-order valence-corrected chi connectivity index (χ1v) is 11.0. The Morgan fingerprint density at radius 1 is 1.08 bits per heavy atom. The Morgan fingerprint density at radius 3 is 2.12 bits per heavy atom. The fourth-order valence-electron chi connectivity index (χ4n) is 2.90. The average molecular weight is 359 g/mol. The van der Waals surface area contributed by atoms with Crippen molar-refractivity contribution >= 4 is 20.5 Å². The first-order valence-electron chi connectivity index (χ1n) is 8.52. The predicted molar refractivity (Wildman–Crippen MR) is 92.6 cm³/mol. The molecule has 24 heavy (non-hydrogen) atoms. The van der Waals surface area contributed by atoms with E-state index in [1.807, 2.05) is 6.55 Å². The van der Waals surface area contributed by atoms with Crippen molar-refractivity contribution in [3.63, 3.8) is 0 Å². The molecule has 7 heteroatoms. The third-order valence-corrected chi connectivity index (χ3v) is 7.59. The highest BCUT2D eigenvalue weighted by molar-refractivity contribution is 6.65. The summed E-state index contributed by atoms with van der Waals surface area (Å²) < 4.78 is 21.3. The second-order valence-corrected chi connectivity index (χ2v) is 9.81. The summed E-state index contributed by atoms with van der Waals surface area (Å²) in [5.41, 5.74) is 0. The zero-order chi connectivity index (χ0) is 18.0. The third kappa shape index (κ3) is 6.37. The quantitative estimate of drug-likeness (QED) is 0.259. The van der Waals surface area contributed by atoms with Gasteiger partial charge in [-0.05, 0) is 31.9 Å². The molecule has 1 saturated carbocycles. The van der Waals surface area contributed by atoms with E-state index in [1.54, 1.807) is 14.2 Å². The average Bonchev–Trinajstić information content (AvgIpc) is 2.62. The first kappa shape index (κ1) is 20.9. The van der Waals surface area contributed by atoms with Crippen molar-refractivity contribution in [1.29, 1.82) is 0 Å². The van der Waals surface area contributed by atoms with Crippen LogP contribution in [0.3, 0.4) is 0 Å². The van der Waals surface area contributed by atoms with Crippen LogP contribution in [0, 0.1) is 11.8 Å². The van der Waals surface area contributed by atoms with E-state index in [2.05, 4.69) is 6.58 Å². The number of rotatable bonds is 10. The molecule has 0 aromatic heterocycles. The van der Waals surface area contributed by atoms with Gasteiger partial charge in [0.15, 0.2) is 0 Å². The molecule has 0 N–H and O–H groups in total. The van der Waals surface area contributed by atoms with Gasteiger partial charge in [-0.25, -0.2) is 0 Å². The molecule has 0 aromatic carbocycles. The summed E-state index contributed by atoms with van der Waals surface area (Å²) in [5.74, 6) is -1.42. The van der Waals surface area contributed by atoms with Crippen molar-refractivity contribution in [2.24, 2.45) is 11.8 Å². The maximum Gasteiger partial charge on any atom is 0.334 e. The molecule has 1 aliphatic rings. The van der Waals surface area contributed by atoms with Crippen molar-refractivity contribution in [2.45, 2.75) is 44.7 Å². The van der Waals surface area contributed by atoms with Crippen LogP contribution in [0.1, 0.15) is 32.1 Å². The lowest BCUT2D eigenvalue weighted by Crippen LogP contribution is -2.37. The van der Waals surface area contributed by atoms with E-state index in [-0.39, 0.29) is 18.5 Å². The molecule has 1 aliphatic carbocycles. The van der Waals surface area contributed by atoms with Crippen molar-refractivity contribution in [2.75, 3.05) is 27.4 Å². The molecule has 6 nitrogen and oxygen atoms in total. The van der Waals surface area contributed by atoms with Gasteiger partial charge in [0.05, 0.1) is 18.4 Å². The van der Waals surface area contributed by atoms with Gasteiger partial charge in [-0.1, -0.05) is 25.5 Å². The molecule has 138 valence electrons. The lowest BCUT2D eigenvalue weighted by molar-refractivity contribution is -0.162. The normalized spacial score (nSPS) is 21.1. The molecular weight excluding hydrogens is 328 g/mol. The topological polar surface area (TPSA) is 71.1 Å². The minimum Gasteiger partial charge on any atom is -0.465 e. The van der Waals surface area contributed by atoms with E-state index in [0.717, 1.165) is 18.9 Å². The molecule has 0 spiro atoms. The van der Waals surface area contributed by atoms with Crippen LogP contribution in [-0.4, -0.2) is 47.9 Å². The van der Waals surface area contributed by atoms with Gasteiger partial charge in [0.1, 0.15) is 6.61 Å². The largest absolute Gasteiger partial charge is 0.465 e. The maximum atomic E-state index is 12.3. The fraction of sp³-hybridized carbons (Fsp3) is 0.765. The molecule has 0 radical (unpaired) electrons. The van der Waals surface area contributed by atoms with Gasteiger partial charge < -0.3 is 18.3 Å². The lowest BCUT2D eigenvalue weighted by Gasteiger charge is -2.28. The van der Waals surface area contributed by atoms with Gasteiger partial charge in [0.25, 0.3) is 0 Å². The molecule has 0 amide bonds. The maximum absolute atomic E-state index is 12.3. The zero-order valence-corrected chi connectivity index (χ0v) is 16.0. The van der Waals surface area contributed by atoms with Crippen molar-refractivity contribution in [1.82, 2.24) is 0 Å². The smallest absolute Gasteiger partial charge is 0.334 e. The summed E-state index contributed by atoms with van der Waals surface area (Å²) in [5, 5.41) is 0. The van der Waals surface area contributed by atoms with Gasteiger partial charge >= 0.3 is 20.5 Å². The third-order valence-electron chi connectivity index (χ3n) is 4.60. The minimum atomic E-state index is -2.13. The standard InChI is InChI=1S/C17H30O6Si/c1-5-11-22-16(18)14-9-6-7-10-15(14)17(19)23-12-8-13-24(4,20-2)21-3/h5,14-15H,1,6-13H2,2-4H3. The molecule has 0 heterocycles. The number of carbonyl (C=O) groups is 2. The zero-order valence-electron chi connectivity index (χ0n) is 15.0. The number of hydrogen-bond acceptors (Lipinski definition) is 6. The van der Waals surface area contributed by atoms with Crippen LogP contribution in [0.15, 0.2) is 12.7 Å². The number of ether oxygens (including phenoxy) is 2. The highest BCUT2D eigenvalue weighted by Crippen LogP contribution is 2.32. The molecule has 0 saturated heterocycles. The van der Waals surface area contributed by atoms with Crippen LogP contribution in [0.2, 0.25) is 12.6 Å². The second kappa shape index (κ2) is 10.6. The molecule has 0 bridgehead atoms. The molecule has 1 rings (SSSR count). The highest BCUT2D eigenvalue weighted by atomic mass is 28.4. The molecule has 0 aliphatic heterocycles. The van der Waals surface area contributed by atoms with Crippen LogP contribution in [0.25, 0.3) is 0 Å². The van der Waals surface area contributed by atoms with E-state index >= 15 is 0 Å². The molecule has 2 unspecified atom stereocenters. The van der Waals surface area contributed by atoms with E-state index in [0.29, 0.717) is 25.9 Å². The molecular formula is C17H30O6Si. The highest BCUT2D eigenvalue weighted by Gasteiger charge is 2.38. The van der Waals surface area contributed by atoms with Crippen LogP contribution < -0.4 is 0 Å². The van der Waals surface area contributed by atoms with Gasteiger partial charge in [0, 0.05) is 14.2 Å². The monoisotopic (exact) mass is 358 g/mol. The number of carbonyl (C=O) groups excluding carboxylic acids is 2. The van der Waals surface area contributed by atoms with E-state index in [4.69, 9.17) is 18.3 Å². The summed E-state index contributed by atoms with van der Waals surface area (Å²) >= 11 is 0. The van der Waals surface area contributed by atoms with Crippen LogP contribution in [0.4, 0.5) is 0 Å². The Bertz CT molecular complexity index is 421. The molecule has 1 fully saturated rings. The summed E-state index contributed by atoms with van der Waals surface area (Å²) in [6.07, 6.45) is 5.44. The van der Waals surface area contributed by atoms with Crippen LogP contribution >= 0.6 is 0 Å². The summed E-state index contributed by atoms with van der Waals surface area (Å²) in [7, 11) is 1.15. The van der Waals surface area contributed by atoms with E-state index in [9.17, 15) is 9.59 Å².